The zero-order valence-electron chi connectivity index (χ0n) is 13.1. The molecule has 19 heavy (non-hydrogen) atoms. The van der Waals surface area contributed by atoms with E-state index in [4.69, 9.17) is 4.74 Å². The molecule has 2 heteroatoms. The van der Waals surface area contributed by atoms with Crippen LogP contribution in [-0.2, 0) is 5.41 Å². The third-order valence-corrected chi connectivity index (χ3v) is 3.30. The first-order valence-electron chi connectivity index (χ1n) is 7.40. The molecule has 0 fully saturated rings. The molecule has 1 N–H and O–H groups in total. The van der Waals surface area contributed by atoms with E-state index in [1.165, 1.54) is 5.56 Å². The average molecular weight is 263 g/mol. The fraction of sp³-hybridized carbons (Fsp3) is 0.647. The third-order valence-electron chi connectivity index (χ3n) is 3.30. The summed E-state index contributed by atoms with van der Waals surface area (Å²) in [6, 6.07) is 9.03. The molecule has 0 spiro atoms. The van der Waals surface area contributed by atoms with Gasteiger partial charge in [-0.05, 0) is 49.4 Å². The highest BCUT2D eigenvalue weighted by atomic mass is 16.5. The molecule has 0 aliphatic carbocycles. The minimum absolute atomic E-state index is 0.179. The Bertz CT molecular complexity index is 368. The summed E-state index contributed by atoms with van der Waals surface area (Å²) in [5.74, 6) is 0.989. The molecule has 108 valence electrons. The summed E-state index contributed by atoms with van der Waals surface area (Å²) < 4.78 is 5.84. The van der Waals surface area contributed by atoms with Gasteiger partial charge in [0, 0.05) is 6.04 Å². The maximum atomic E-state index is 5.84. The van der Waals surface area contributed by atoms with E-state index in [2.05, 4.69) is 58.1 Å². The lowest BCUT2D eigenvalue weighted by molar-refractivity contribution is 0.297. The van der Waals surface area contributed by atoms with Gasteiger partial charge in [0.2, 0.25) is 0 Å². The fourth-order valence-corrected chi connectivity index (χ4v) is 2.08. The van der Waals surface area contributed by atoms with Crippen molar-refractivity contribution in [1.82, 2.24) is 5.32 Å². The number of rotatable bonds is 7. The molecular weight excluding hydrogens is 234 g/mol. The van der Waals surface area contributed by atoms with Crippen molar-refractivity contribution >= 4 is 0 Å². The highest BCUT2D eigenvalue weighted by Crippen LogP contribution is 2.25. The van der Waals surface area contributed by atoms with Gasteiger partial charge in [-0.15, -0.1) is 0 Å². The van der Waals surface area contributed by atoms with E-state index in [0.29, 0.717) is 6.04 Å². The summed E-state index contributed by atoms with van der Waals surface area (Å²) in [4.78, 5) is 0. The van der Waals surface area contributed by atoms with Gasteiger partial charge in [0.25, 0.3) is 0 Å². The maximum Gasteiger partial charge on any atom is 0.119 e. The quantitative estimate of drug-likeness (QED) is 0.746. The molecule has 0 amide bonds. The van der Waals surface area contributed by atoms with Crippen LogP contribution in [0.3, 0.4) is 0 Å². The van der Waals surface area contributed by atoms with Crippen molar-refractivity contribution in [3.05, 3.63) is 29.8 Å². The van der Waals surface area contributed by atoms with Gasteiger partial charge in [-0.3, -0.25) is 0 Å². The second-order valence-corrected chi connectivity index (χ2v) is 6.23. The van der Waals surface area contributed by atoms with Crippen LogP contribution in [0.15, 0.2) is 24.3 Å². The molecule has 1 atom stereocenters. The molecule has 1 aromatic rings. The second-order valence-electron chi connectivity index (χ2n) is 6.23. The minimum Gasteiger partial charge on any atom is -0.494 e. The molecule has 1 unspecified atom stereocenters. The van der Waals surface area contributed by atoms with Crippen LogP contribution in [0.5, 0.6) is 5.75 Å². The van der Waals surface area contributed by atoms with Crippen LogP contribution in [0.4, 0.5) is 0 Å². The standard InChI is InChI=1S/C17H29NO/c1-6-18-14(2)9-8-12-19-16-11-7-10-15(13-16)17(3,4)5/h7,10-11,13-14,18H,6,8-9,12H2,1-5H3. The topological polar surface area (TPSA) is 21.3 Å². The van der Waals surface area contributed by atoms with Gasteiger partial charge in [0.15, 0.2) is 0 Å². The SMILES string of the molecule is CCNC(C)CCCOc1cccc(C(C)(C)C)c1. The summed E-state index contributed by atoms with van der Waals surface area (Å²) in [7, 11) is 0. The molecule has 0 saturated carbocycles. The minimum atomic E-state index is 0.179. The van der Waals surface area contributed by atoms with E-state index in [-0.39, 0.29) is 5.41 Å². The average Bonchev–Trinajstić information content (AvgIpc) is 2.34. The van der Waals surface area contributed by atoms with E-state index in [9.17, 15) is 0 Å². The molecule has 0 bridgehead atoms. The van der Waals surface area contributed by atoms with E-state index in [1.54, 1.807) is 0 Å². The molecule has 0 aliphatic heterocycles. The number of hydrogen-bond acceptors (Lipinski definition) is 2. The van der Waals surface area contributed by atoms with E-state index < -0.39 is 0 Å². The Morgan fingerprint density at radius 3 is 2.63 bits per heavy atom. The van der Waals surface area contributed by atoms with Crippen LogP contribution >= 0.6 is 0 Å². The highest BCUT2D eigenvalue weighted by molar-refractivity contribution is 5.32. The normalized spacial score (nSPS) is 13.3. The van der Waals surface area contributed by atoms with Crippen molar-refractivity contribution in [2.45, 2.75) is 58.9 Å². The number of benzene rings is 1. The molecule has 0 aliphatic rings. The molecule has 1 aromatic carbocycles. The lowest BCUT2D eigenvalue weighted by Gasteiger charge is -2.20. The van der Waals surface area contributed by atoms with Crippen molar-refractivity contribution < 1.29 is 4.74 Å². The smallest absolute Gasteiger partial charge is 0.119 e. The first-order chi connectivity index (χ1) is 8.93. The number of hydrogen-bond donors (Lipinski definition) is 1. The Hall–Kier alpha value is -1.02. The summed E-state index contributed by atoms with van der Waals surface area (Å²) in [6.07, 6.45) is 2.25. The fourth-order valence-electron chi connectivity index (χ4n) is 2.08. The van der Waals surface area contributed by atoms with Crippen molar-refractivity contribution in [2.24, 2.45) is 0 Å². The molecular formula is C17H29NO. The van der Waals surface area contributed by atoms with Crippen molar-refractivity contribution in [1.29, 1.82) is 0 Å². The summed E-state index contributed by atoms with van der Waals surface area (Å²) in [5, 5.41) is 3.42. The molecule has 0 aromatic heterocycles. The van der Waals surface area contributed by atoms with Gasteiger partial charge in [-0.2, -0.15) is 0 Å². The highest BCUT2D eigenvalue weighted by Gasteiger charge is 2.13. The summed E-state index contributed by atoms with van der Waals surface area (Å²) in [6.45, 7) is 12.9. The van der Waals surface area contributed by atoms with Crippen molar-refractivity contribution in [2.75, 3.05) is 13.2 Å². The molecule has 1 rings (SSSR count). The van der Waals surface area contributed by atoms with Gasteiger partial charge < -0.3 is 10.1 Å². The molecule has 2 nitrogen and oxygen atoms in total. The van der Waals surface area contributed by atoms with E-state index in [0.717, 1.165) is 31.7 Å². The summed E-state index contributed by atoms with van der Waals surface area (Å²) in [5.41, 5.74) is 1.50. The zero-order chi connectivity index (χ0) is 14.3. The van der Waals surface area contributed by atoms with Gasteiger partial charge >= 0.3 is 0 Å². The Morgan fingerprint density at radius 2 is 2.00 bits per heavy atom. The van der Waals surface area contributed by atoms with Crippen LogP contribution < -0.4 is 10.1 Å². The number of ether oxygens (including phenoxy) is 1. The van der Waals surface area contributed by atoms with Gasteiger partial charge in [0.1, 0.15) is 5.75 Å². The van der Waals surface area contributed by atoms with Gasteiger partial charge in [-0.25, -0.2) is 0 Å². The Morgan fingerprint density at radius 1 is 1.26 bits per heavy atom. The van der Waals surface area contributed by atoms with E-state index in [1.807, 2.05) is 6.07 Å². The first kappa shape index (κ1) is 16.0. The lowest BCUT2D eigenvalue weighted by atomic mass is 9.87. The first-order valence-corrected chi connectivity index (χ1v) is 7.40. The molecule has 0 radical (unpaired) electrons. The van der Waals surface area contributed by atoms with Crippen molar-refractivity contribution in [3.8, 4) is 5.75 Å². The predicted molar refractivity (Wildman–Crippen MR) is 83.0 cm³/mol. The van der Waals surface area contributed by atoms with Crippen LogP contribution in [0.25, 0.3) is 0 Å². The Labute approximate surface area is 118 Å². The maximum absolute atomic E-state index is 5.84. The van der Waals surface area contributed by atoms with Crippen LogP contribution in [0.2, 0.25) is 0 Å². The second kappa shape index (κ2) is 7.54. The van der Waals surface area contributed by atoms with Gasteiger partial charge in [-0.1, -0.05) is 39.8 Å². The predicted octanol–water partition coefficient (Wildman–Crippen LogP) is 4.14. The van der Waals surface area contributed by atoms with Crippen LogP contribution in [0.1, 0.15) is 53.0 Å². The Balaban J connectivity index is 2.38. The summed E-state index contributed by atoms with van der Waals surface area (Å²) >= 11 is 0. The largest absolute Gasteiger partial charge is 0.494 e. The zero-order valence-corrected chi connectivity index (χ0v) is 13.1. The Kier molecular flexibility index (Phi) is 6.36. The van der Waals surface area contributed by atoms with Crippen molar-refractivity contribution in [3.63, 3.8) is 0 Å². The third kappa shape index (κ3) is 6.11. The van der Waals surface area contributed by atoms with Crippen LogP contribution in [0, 0.1) is 0 Å². The lowest BCUT2D eigenvalue weighted by Crippen LogP contribution is -2.25. The van der Waals surface area contributed by atoms with Gasteiger partial charge in [0.05, 0.1) is 6.61 Å². The van der Waals surface area contributed by atoms with E-state index >= 15 is 0 Å². The number of nitrogens with one attached hydrogen (secondary N) is 1. The molecule has 0 heterocycles. The van der Waals surface area contributed by atoms with Crippen LogP contribution in [-0.4, -0.2) is 19.2 Å². The monoisotopic (exact) mass is 263 g/mol. The molecule has 0 saturated heterocycles.